The van der Waals surface area contributed by atoms with Gasteiger partial charge in [-0.05, 0) is 17.5 Å². The van der Waals surface area contributed by atoms with Gasteiger partial charge in [-0.2, -0.15) is 0 Å². The maximum atomic E-state index is 12.4. The normalized spacial score (nSPS) is 23.0. The fraction of sp³-hybridized carbons (Fsp3) is 0.556. The lowest BCUT2D eigenvalue weighted by molar-refractivity contribution is 0.126. The third-order valence-corrected chi connectivity index (χ3v) is 5.32. The van der Waals surface area contributed by atoms with E-state index in [1.54, 1.807) is 9.80 Å². The van der Waals surface area contributed by atoms with Crippen molar-refractivity contribution in [1.29, 1.82) is 0 Å². The number of nitrogens with one attached hydrogen (secondary N) is 1. The molecule has 0 unspecified atom stereocenters. The number of benzene rings is 1. The smallest absolute Gasteiger partial charge is 0.410 e. The van der Waals surface area contributed by atoms with Gasteiger partial charge in [0.05, 0.1) is 6.04 Å². The van der Waals surface area contributed by atoms with E-state index < -0.39 is 0 Å². The quantitative estimate of drug-likeness (QED) is 0.884. The summed E-state index contributed by atoms with van der Waals surface area (Å²) in [7, 11) is 0. The van der Waals surface area contributed by atoms with E-state index in [4.69, 9.17) is 4.74 Å². The van der Waals surface area contributed by atoms with E-state index in [0.29, 0.717) is 32.8 Å². The van der Waals surface area contributed by atoms with Crippen molar-refractivity contribution >= 4 is 12.1 Å². The average Bonchev–Trinajstić information content (AvgIpc) is 3.02. The molecule has 25 heavy (non-hydrogen) atoms. The van der Waals surface area contributed by atoms with Crippen molar-refractivity contribution in [3.63, 3.8) is 0 Å². The van der Waals surface area contributed by atoms with Crippen LogP contribution in [0.25, 0.3) is 0 Å². The van der Waals surface area contributed by atoms with Gasteiger partial charge in [-0.3, -0.25) is 9.80 Å². The van der Waals surface area contributed by atoms with Crippen LogP contribution < -0.4 is 5.32 Å². The van der Waals surface area contributed by atoms with E-state index in [1.165, 1.54) is 11.1 Å². The van der Waals surface area contributed by atoms with Crippen molar-refractivity contribution in [2.24, 2.45) is 0 Å². The van der Waals surface area contributed by atoms with Crippen LogP contribution in [-0.4, -0.2) is 78.7 Å². The number of rotatable bonds is 3. The largest absolute Gasteiger partial charge is 0.447 e. The zero-order valence-corrected chi connectivity index (χ0v) is 14.3. The Morgan fingerprint density at radius 1 is 1.20 bits per heavy atom. The van der Waals surface area contributed by atoms with Crippen LogP contribution in [0.3, 0.4) is 0 Å². The molecule has 0 bridgehead atoms. The summed E-state index contributed by atoms with van der Waals surface area (Å²) in [5, 5.41) is 3.02. The first kappa shape index (κ1) is 16.2. The van der Waals surface area contributed by atoms with E-state index in [9.17, 15) is 9.59 Å². The fourth-order valence-corrected chi connectivity index (χ4v) is 3.85. The van der Waals surface area contributed by atoms with Crippen molar-refractivity contribution in [2.45, 2.75) is 19.0 Å². The number of amides is 3. The van der Waals surface area contributed by atoms with E-state index in [2.05, 4.69) is 34.5 Å². The lowest BCUT2D eigenvalue weighted by atomic mass is 10.00. The molecule has 1 N–H and O–H groups in total. The molecular weight excluding hydrogens is 320 g/mol. The Morgan fingerprint density at radius 3 is 2.92 bits per heavy atom. The number of fused-ring (bicyclic) bond motifs is 2. The number of piperazine rings is 1. The van der Waals surface area contributed by atoms with Gasteiger partial charge < -0.3 is 15.0 Å². The van der Waals surface area contributed by atoms with Crippen LogP contribution in [-0.2, 0) is 17.7 Å². The topological polar surface area (TPSA) is 65.1 Å². The standard InChI is InChI=1S/C18H24N4O3/c23-17(21-9-10-22-16(12-21)13-25-18(22)24)19-6-8-20-7-5-14-3-1-2-4-15(14)11-20/h1-4,16H,5-13H2,(H,19,23)/t16-/m0/s1. The number of carbonyl (C=O) groups is 2. The van der Waals surface area contributed by atoms with Crippen LogP contribution in [0.1, 0.15) is 11.1 Å². The second-order valence-electron chi connectivity index (χ2n) is 6.90. The van der Waals surface area contributed by atoms with Crippen molar-refractivity contribution in [2.75, 3.05) is 45.9 Å². The molecule has 4 rings (SSSR count). The molecule has 0 aromatic heterocycles. The molecule has 1 aromatic carbocycles. The minimum Gasteiger partial charge on any atom is -0.447 e. The summed E-state index contributed by atoms with van der Waals surface area (Å²) in [4.78, 5) is 29.7. The zero-order valence-electron chi connectivity index (χ0n) is 14.3. The second kappa shape index (κ2) is 6.92. The van der Waals surface area contributed by atoms with Gasteiger partial charge in [-0.25, -0.2) is 9.59 Å². The second-order valence-corrected chi connectivity index (χ2v) is 6.90. The molecule has 2 saturated heterocycles. The molecule has 3 amide bonds. The Labute approximate surface area is 147 Å². The lowest BCUT2D eigenvalue weighted by Crippen LogP contribution is -2.56. The van der Waals surface area contributed by atoms with E-state index in [1.807, 2.05) is 0 Å². The Morgan fingerprint density at radius 2 is 2.04 bits per heavy atom. The molecule has 7 nitrogen and oxygen atoms in total. The molecule has 0 spiro atoms. The van der Waals surface area contributed by atoms with Gasteiger partial charge in [0, 0.05) is 45.8 Å². The molecular formula is C18H24N4O3. The first-order chi connectivity index (χ1) is 12.2. The first-order valence-corrected chi connectivity index (χ1v) is 8.96. The summed E-state index contributed by atoms with van der Waals surface area (Å²) in [6.07, 6.45) is 0.817. The maximum Gasteiger partial charge on any atom is 0.410 e. The van der Waals surface area contributed by atoms with Crippen molar-refractivity contribution in [3.8, 4) is 0 Å². The van der Waals surface area contributed by atoms with Crippen LogP contribution in [0.4, 0.5) is 9.59 Å². The minimum atomic E-state index is -0.254. The molecule has 1 atom stereocenters. The summed E-state index contributed by atoms with van der Waals surface area (Å²) in [5.74, 6) is 0. The van der Waals surface area contributed by atoms with Crippen molar-refractivity contribution in [1.82, 2.24) is 20.0 Å². The van der Waals surface area contributed by atoms with Gasteiger partial charge in [0.2, 0.25) is 0 Å². The maximum absolute atomic E-state index is 12.4. The number of urea groups is 1. The van der Waals surface area contributed by atoms with Crippen LogP contribution in [0.5, 0.6) is 0 Å². The molecule has 0 radical (unpaired) electrons. The predicted octanol–water partition coefficient (Wildman–Crippen LogP) is 0.891. The Hall–Kier alpha value is -2.28. The summed E-state index contributed by atoms with van der Waals surface area (Å²) >= 11 is 0. The van der Waals surface area contributed by atoms with Crippen LogP contribution in [0.2, 0.25) is 0 Å². The number of carbonyl (C=O) groups excluding carboxylic acids is 2. The third kappa shape index (κ3) is 3.42. The van der Waals surface area contributed by atoms with E-state index in [-0.39, 0.29) is 18.2 Å². The average molecular weight is 344 g/mol. The minimum absolute atomic E-state index is 0.00518. The molecule has 3 heterocycles. The molecule has 2 fully saturated rings. The molecule has 3 aliphatic heterocycles. The number of ether oxygens (including phenoxy) is 1. The number of hydrogen-bond donors (Lipinski definition) is 1. The Balaban J connectivity index is 1.22. The van der Waals surface area contributed by atoms with Gasteiger partial charge in [-0.15, -0.1) is 0 Å². The molecule has 1 aromatic rings. The van der Waals surface area contributed by atoms with Gasteiger partial charge >= 0.3 is 12.1 Å². The van der Waals surface area contributed by atoms with Crippen molar-refractivity contribution in [3.05, 3.63) is 35.4 Å². The fourth-order valence-electron chi connectivity index (χ4n) is 3.85. The Kier molecular flexibility index (Phi) is 4.48. The van der Waals surface area contributed by atoms with Gasteiger partial charge in [-0.1, -0.05) is 24.3 Å². The lowest BCUT2D eigenvalue weighted by Gasteiger charge is -2.35. The number of cyclic esters (lactones) is 1. The number of nitrogens with zero attached hydrogens (tertiary/aromatic N) is 3. The SMILES string of the molecule is O=C(NCCN1CCc2ccccc2C1)N1CCN2C(=O)OC[C@@H]2C1. The monoisotopic (exact) mass is 344 g/mol. The Bertz CT molecular complexity index is 665. The predicted molar refractivity (Wildman–Crippen MR) is 92.2 cm³/mol. The van der Waals surface area contributed by atoms with Crippen LogP contribution in [0.15, 0.2) is 24.3 Å². The first-order valence-electron chi connectivity index (χ1n) is 8.96. The summed E-state index contributed by atoms with van der Waals surface area (Å²) in [5.41, 5.74) is 2.83. The molecule has 7 heteroatoms. The highest BCUT2D eigenvalue weighted by Gasteiger charge is 2.38. The zero-order chi connectivity index (χ0) is 17.2. The highest BCUT2D eigenvalue weighted by molar-refractivity contribution is 5.75. The summed E-state index contributed by atoms with van der Waals surface area (Å²) < 4.78 is 5.04. The molecule has 0 aliphatic carbocycles. The van der Waals surface area contributed by atoms with Gasteiger partial charge in [0.15, 0.2) is 0 Å². The summed E-state index contributed by atoms with van der Waals surface area (Å²) in [6, 6.07) is 8.52. The van der Waals surface area contributed by atoms with E-state index >= 15 is 0 Å². The molecule has 3 aliphatic rings. The van der Waals surface area contributed by atoms with Gasteiger partial charge in [0.1, 0.15) is 6.61 Å². The highest BCUT2D eigenvalue weighted by atomic mass is 16.6. The third-order valence-electron chi connectivity index (χ3n) is 5.32. The van der Waals surface area contributed by atoms with E-state index in [0.717, 1.165) is 26.1 Å². The summed E-state index contributed by atoms with van der Waals surface area (Å²) in [6.45, 7) is 5.53. The molecule has 0 saturated carbocycles. The highest BCUT2D eigenvalue weighted by Crippen LogP contribution is 2.19. The van der Waals surface area contributed by atoms with Gasteiger partial charge in [0.25, 0.3) is 0 Å². The van der Waals surface area contributed by atoms with Crippen LogP contribution in [0, 0.1) is 0 Å². The van der Waals surface area contributed by atoms with Crippen molar-refractivity contribution < 1.29 is 14.3 Å². The number of hydrogen-bond acceptors (Lipinski definition) is 4. The van der Waals surface area contributed by atoms with Crippen LogP contribution >= 0.6 is 0 Å². The molecule has 134 valence electrons.